The van der Waals surface area contributed by atoms with Gasteiger partial charge in [-0.15, -0.1) is 0 Å². The van der Waals surface area contributed by atoms with Gasteiger partial charge in [-0.05, 0) is 24.6 Å². The van der Waals surface area contributed by atoms with Crippen molar-refractivity contribution in [2.24, 2.45) is 0 Å². The minimum atomic E-state index is -4.94. The van der Waals surface area contributed by atoms with E-state index in [0.717, 1.165) is 0 Å². The Bertz CT molecular complexity index is 454. The standard InChI is InChI=1S/C11H10F3NO3/c1-6(15-10(18)11(12,13)14)7-2-4-8(5-3-7)9(16)17/h2-6H,1H3,(H,15,18)(H,16,17)/t6-/m0/s1. The first-order valence-electron chi connectivity index (χ1n) is 4.92. The third-order valence-electron chi connectivity index (χ3n) is 2.26. The van der Waals surface area contributed by atoms with Crippen LogP contribution in [0.25, 0.3) is 0 Å². The maximum absolute atomic E-state index is 12.0. The van der Waals surface area contributed by atoms with E-state index in [4.69, 9.17) is 5.11 Å². The lowest BCUT2D eigenvalue weighted by Gasteiger charge is -2.15. The maximum Gasteiger partial charge on any atom is 0.471 e. The fraction of sp³-hybridized carbons (Fsp3) is 0.273. The van der Waals surface area contributed by atoms with E-state index in [-0.39, 0.29) is 5.56 Å². The molecule has 0 aliphatic heterocycles. The van der Waals surface area contributed by atoms with E-state index in [1.54, 1.807) is 5.32 Å². The minimum absolute atomic E-state index is 0.0214. The second-order valence-electron chi connectivity index (χ2n) is 3.62. The van der Waals surface area contributed by atoms with E-state index in [2.05, 4.69) is 0 Å². The molecule has 0 aromatic heterocycles. The second kappa shape index (κ2) is 5.07. The quantitative estimate of drug-likeness (QED) is 0.875. The van der Waals surface area contributed by atoms with Crippen molar-refractivity contribution in [2.75, 3.05) is 0 Å². The highest BCUT2D eigenvalue weighted by Crippen LogP contribution is 2.18. The lowest BCUT2D eigenvalue weighted by Crippen LogP contribution is -2.38. The number of benzene rings is 1. The summed E-state index contributed by atoms with van der Waals surface area (Å²) in [6, 6.07) is 4.36. The molecule has 2 N–H and O–H groups in total. The molecule has 0 aliphatic carbocycles. The zero-order valence-corrected chi connectivity index (χ0v) is 9.28. The van der Waals surface area contributed by atoms with Crippen LogP contribution >= 0.6 is 0 Å². The number of carboxylic acid groups (broad SMARTS) is 1. The van der Waals surface area contributed by atoms with Gasteiger partial charge >= 0.3 is 18.1 Å². The van der Waals surface area contributed by atoms with Crippen molar-refractivity contribution in [1.29, 1.82) is 0 Å². The van der Waals surface area contributed by atoms with Gasteiger partial charge in [0, 0.05) is 0 Å². The van der Waals surface area contributed by atoms with Crippen LogP contribution < -0.4 is 5.32 Å². The van der Waals surface area contributed by atoms with Crippen LogP contribution in [0.4, 0.5) is 13.2 Å². The van der Waals surface area contributed by atoms with E-state index < -0.39 is 24.1 Å². The molecule has 0 aliphatic rings. The monoisotopic (exact) mass is 261 g/mol. The van der Waals surface area contributed by atoms with Crippen LogP contribution in [0.15, 0.2) is 24.3 Å². The summed E-state index contributed by atoms with van der Waals surface area (Å²) >= 11 is 0. The van der Waals surface area contributed by atoms with Crippen molar-refractivity contribution in [2.45, 2.75) is 19.1 Å². The zero-order valence-electron chi connectivity index (χ0n) is 9.28. The van der Waals surface area contributed by atoms with E-state index in [1.807, 2.05) is 0 Å². The summed E-state index contributed by atoms with van der Waals surface area (Å²) in [5.41, 5.74) is 0.408. The normalized spacial score (nSPS) is 12.9. The number of hydrogen-bond donors (Lipinski definition) is 2. The summed E-state index contributed by atoms with van der Waals surface area (Å²) < 4.78 is 36.0. The Hall–Kier alpha value is -2.05. The SMILES string of the molecule is C[C@H](NC(=O)C(F)(F)F)c1ccc(C(=O)O)cc1. The maximum atomic E-state index is 12.0. The van der Waals surface area contributed by atoms with Crippen molar-refractivity contribution in [3.63, 3.8) is 0 Å². The van der Waals surface area contributed by atoms with Gasteiger partial charge in [-0.1, -0.05) is 12.1 Å². The molecule has 1 aromatic rings. The predicted molar refractivity (Wildman–Crippen MR) is 56.0 cm³/mol. The average Bonchev–Trinajstić information content (AvgIpc) is 2.27. The molecule has 0 bridgehead atoms. The average molecular weight is 261 g/mol. The molecule has 98 valence electrons. The van der Waals surface area contributed by atoms with E-state index in [1.165, 1.54) is 31.2 Å². The van der Waals surface area contributed by atoms with Crippen LogP contribution in [-0.4, -0.2) is 23.2 Å². The smallest absolute Gasteiger partial charge is 0.471 e. The third-order valence-corrected chi connectivity index (χ3v) is 2.26. The fourth-order valence-electron chi connectivity index (χ4n) is 1.28. The number of nitrogens with one attached hydrogen (secondary N) is 1. The second-order valence-corrected chi connectivity index (χ2v) is 3.62. The Morgan fingerprint density at radius 3 is 2.11 bits per heavy atom. The molecule has 18 heavy (non-hydrogen) atoms. The molecule has 0 saturated heterocycles. The lowest BCUT2D eigenvalue weighted by atomic mass is 10.1. The highest BCUT2D eigenvalue weighted by molar-refractivity contribution is 5.87. The topological polar surface area (TPSA) is 66.4 Å². The summed E-state index contributed by atoms with van der Waals surface area (Å²) in [7, 11) is 0. The molecule has 0 unspecified atom stereocenters. The molecular weight excluding hydrogens is 251 g/mol. The predicted octanol–water partition coefficient (Wildman–Crippen LogP) is 2.12. The Morgan fingerprint density at radius 1 is 1.22 bits per heavy atom. The summed E-state index contributed by atoms with van der Waals surface area (Å²) in [4.78, 5) is 21.3. The number of carboxylic acids is 1. The number of hydrogen-bond acceptors (Lipinski definition) is 2. The molecule has 4 nitrogen and oxygen atoms in total. The Balaban J connectivity index is 2.76. The first kappa shape index (κ1) is 14.0. The van der Waals surface area contributed by atoms with Gasteiger partial charge in [-0.2, -0.15) is 13.2 Å². The molecule has 0 heterocycles. The van der Waals surface area contributed by atoms with E-state index >= 15 is 0 Å². The third kappa shape index (κ3) is 3.47. The van der Waals surface area contributed by atoms with Crippen molar-refractivity contribution in [1.82, 2.24) is 5.32 Å². The van der Waals surface area contributed by atoms with Gasteiger partial charge < -0.3 is 10.4 Å². The van der Waals surface area contributed by atoms with Crippen LogP contribution in [-0.2, 0) is 4.79 Å². The van der Waals surface area contributed by atoms with Gasteiger partial charge in [0.1, 0.15) is 0 Å². The number of halogens is 3. The number of alkyl halides is 3. The van der Waals surface area contributed by atoms with Crippen LogP contribution in [0.5, 0.6) is 0 Å². The van der Waals surface area contributed by atoms with Crippen molar-refractivity contribution < 1.29 is 27.9 Å². The molecule has 7 heteroatoms. The van der Waals surface area contributed by atoms with Crippen molar-refractivity contribution >= 4 is 11.9 Å². The minimum Gasteiger partial charge on any atom is -0.478 e. The number of aromatic carboxylic acids is 1. The Kier molecular flexibility index (Phi) is 3.95. The molecule has 0 radical (unpaired) electrons. The van der Waals surface area contributed by atoms with Crippen LogP contribution in [0.3, 0.4) is 0 Å². The first-order chi connectivity index (χ1) is 8.21. The van der Waals surface area contributed by atoms with Gasteiger partial charge in [-0.3, -0.25) is 4.79 Å². The van der Waals surface area contributed by atoms with Gasteiger partial charge in [0.15, 0.2) is 0 Å². The number of carbonyl (C=O) groups is 2. The van der Waals surface area contributed by atoms with E-state index in [0.29, 0.717) is 5.56 Å². The zero-order chi connectivity index (χ0) is 13.9. The molecule has 0 fully saturated rings. The summed E-state index contributed by atoms with van der Waals surface area (Å²) in [6.45, 7) is 1.37. The molecule has 1 aromatic carbocycles. The highest BCUT2D eigenvalue weighted by atomic mass is 19.4. The van der Waals surface area contributed by atoms with Gasteiger partial charge in [0.2, 0.25) is 0 Å². The lowest BCUT2D eigenvalue weighted by molar-refractivity contribution is -0.174. The Morgan fingerprint density at radius 2 is 1.72 bits per heavy atom. The van der Waals surface area contributed by atoms with E-state index in [9.17, 15) is 22.8 Å². The van der Waals surface area contributed by atoms with Crippen molar-refractivity contribution in [3.8, 4) is 0 Å². The molecule has 0 spiro atoms. The van der Waals surface area contributed by atoms with Crippen LogP contribution in [0, 0.1) is 0 Å². The largest absolute Gasteiger partial charge is 0.478 e. The highest BCUT2D eigenvalue weighted by Gasteiger charge is 2.39. The number of amides is 1. The summed E-state index contributed by atoms with van der Waals surface area (Å²) in [6.07, 6.45) is -4.94. The molecule has 1 amide bonds. The summed E-state index contributed by atoms with van der Waals surface area (Å²) in [5, 5.41) is 10.4. The van der Waals surface area contributed by atoms with Gasteiger partial charge in [0.05, 0.1) is 11.6 Å². The Labute approximate surface area is 100 Å². The van der Waals surface area contributed by atoms with Crippen LogP contribution in [0.2, 0.25) is 0 Å². The summed E-state index contributed by atoms with van der Waals surface area (Å²) in [5.74, 6) is -3.16. The molecule has 1 atom stereocenters. The van der Waals surface area contributed by atoms with Crippen molar-refractivity contribution in [3.05, 3.63) is 35.4 Å². The van der Waals surface area contributed by atoms with Gasteiger partial charge in [0.25, 0.3) is 0 Å². The number of carbonyl (C=O) groups excluding carboxylic acids is 1. The molecule has 0 saturated carbocycles. The fourth-order valence-corrected chi connectivity index (χ4v) is 1.28. The molecule has 1 rings (SSSR count). The van der Waals surface area contributed by atoms with Gasteiger partial charge in [-0.25, -0.2) is 4.79 Å². The van der Waals surface area contributed by atoms with Crippen LogP contribution in [0.1, 0.15) is 28.9 Å². The number of rotatable bonds is 3. The first-order valence-corrected chi connectivity index (χ1v) is 4.92. The molecular formula is C11H10F3NO3.